The lowest BCUT2D eigenvalue weighted by Gasteiger charge is -2.05. The van der Waals surface area contributed by atoms with Gasteiger partial charge in [-0.3, -0.25) is 0 Å². The minimum Gasteiger partial charge on any atom is -0.490 e. The van der Waals surface area contributed by atoms with E-state index in [0.717, 1.165) is 5.75 Å². The molecule has 0 aliphatic carbocycles. The van der Waals surface area contributed by atoms with Gasteiger partial charge in [0, 0.05) is 0 Å². The molecule has 92 valence electrons. The summed E-state index contributed by atoms with van der Waals surface area (Å²) in [6.45, 7) is 4.77. The average molecular weight is 238 g/mol. The Morgan fingerprint density at radius 2 is 1.50 bits per heavy atom. The summed E-state index contributed by atoms with van der Waals surface area (Å²) in [5.74, 6) is 0.909. The van der Waals surface area contributed by atoms with Crippen molar-refractivity contribution in [2.24, 2.45) is 0 Å². The lowest BCUT2D eigenvalue weighted by Crippen LogP contribution is -1.93. The first-order chi connectivity index (χ1) is 8.75. The van der Waals surface area contributed by atoms with Gasteiger partial charge in [0.2, 0.25) is 0 Å². The van der Waals surface area contributed by atoms with Gasteiger partial charge >= 0.3 is 0 Å². The third-order valence-electron chi connectivity index (χ3n) is 2.70. The fraction of sp³-hybridized carbons (Fsp3) is 0.176. The molecule has 0 radical (unpaired) electrons. The van der Waals surface area contributed by atoms with Gasteiger partial charge in [0.1, 0.15) is 12.4 Å². The van der Waals surface area contributed by atoms with Crippen molar-refractivity contribution in [1.29, 1.82) is 0 Å². The second-order valence-corrected chi connectivity index (χ2v) is 4.48. The number of benzene rings is 2. The average Bonchev–Trinajstić information content (AvgIpc) is 2.40. The molecule has 0 saturated heterocycles. The smallest absolute Gasteiger partial charge is 0.119 e. The molecule has 2 aromatic rings. The fourth-order valence-electron chi connectivity index (χ4n) is 1.68. The van der Waals surface area contributed by atoms with Crippen LogP contribution in [0, 0.1) is 0 Å². The predicted octanol–water partition coefficient (Wildman–Crippen LogP) is 4.70. The third kappa shape index (κ3) is 3.49. The topological polar surface area (TPSA) is 9.23 Å². The summed E-state index contributed by atoms with van der Waals surface area (Å²) in [7, 11) is 0. The largest absolute Gasteiger partial charge is 0.490 e. The van der Waals surface area contributed by atoms with Crippen molar-refractivity contribution in [3.63, 3.8) is 0 Å². The second kappa shape index (κ2) is 6.06. The van der Waals surface area contributed by atoms with Crippen molar-refractivity contribution in [2.75, 3.05) is 6.61 Å². The maximum absolute atomic E-state index is 5.63. The summed E-state index contributed by atoms with van der Waals surface area (Å²) in [4.78, 5) is 0. The Bertz CT molecular complexity index is 505. The Balaban J connectivity index is 2.04. The predicted molar refractivity (Wildman–Crippen MR) is 76.8 cm³/mol. The molecule has 18 heavy (non-hydrogen) atoms. The van der Waals surface area contributed by atoms with E-state index < -0.39 is 0 Å². The Kier molecular flexibility index (Phi) is 4.19. The van der Waals surface area contributed by atoms with Gasteiger partial charge in [-0.15, -0.1) is 0 Å². The van der Waals surface area contributed by atoms with Crippen LogP contribution in [0.2, 0.25) is 0 Å². The highest BCUT2D eigenvalue weighted by Gasteiger charge is 1.97. The normalized spacial score (nSPS) is 9.89. The van der Waals surface area contributed by atoms with E-state index in [2.05, 4.69) is 56.3 Å². The van der Waals surface area contributed by atoms with Crippen LogP contribution in [0.15, 0.2) is 66.2 Å². The zero-order valence-electron chi connectivity index (χ0n) is 10.9. The molecule has 0 aliphatic heterocycles. The Hall–Kier alpha value is -2.02. The molecule has 0 bridgehead atoms. The quantitative estimate of drug-likeness (QED) is 0.702. The van der Waals surface area contributed by atoms with E-state index in [-0.39, 0.29) is 0 Å². The summed E-state index contributed by atoms with van der Waals surface area (Å²) in [6, 6.07) is 18.6. The van der Waals surface area contributed by atoms with Crippen LogP contribution in [-0.4, -0.2) is 6.61 Å². The molecule has 0 N–H and O–H groups in total. The molecule has 0 spiro atoms. The highest BCUT2D eigenvalue weighted by molar-refractivity contribution is 5.63. The van der Waals surface area contributed by atoms with E-state index in [0.29, 0.717) is 6.61 Å². The molecule has 1 nitrogen and oxygen atoms in total. The van der Waals surface area contributed by atoms with E-state index in [1.165, 1.54) is 16.7 Å². The number of hydrogen-bond acceptors (Lipinski definition) is 1. The minimum atomic E-state index is 0.632. The molecular weight excluding hydrogens is 220 g/mol. The zero-order valence-corrected chi connectivity index (χ0v) is 10.9. The first-order valence-electron chi connectivity index (χ1n) is 6.17. The van der Waals surface area contributed by atoms with Crippen LogP contribution in [0.3, 0.4) is 0 Å². The minimum absolute atomic E-state index is 0.632. The van der Waals surface area contributed by atoms with Crippen LogP contribution in [0.25, 0.3) is 11.1 Å². The lowest BCUT2D eigenvalue weighted by atomic mass is 10.1. The van der Waals surface area contributed by atoms with E-state index in [9.17, 15) is 0 Å². The van der Waals surface area contributed by atoms with E-state index in [1.807, 2.05) is 18.2 Å². The van der Waals surface area contributed by atoms with Crippen LogP contribution < -0.4 is 4.74 Å². The standard InChI is InChI=1S/C17H18O/c1-14(2)12-13-18-17-10-8-16(9-11-17)15-6-4-3-5-7-15/h3-12H,13H2,1-2H3. The van der Waals surface area contributed by atoms with Crippen LogP contribution in [0.1, 0.15) is 13.8 Å². The molecule has 0 saturated carbocycles. The molecular formula is C17H18O. The first kappa shape index (κ1) is 12.4. The summed E-state index contributed by atoms with van der Waals surface area (Å²) < 4.78 is 5.63. The number of ether oxygens (including phenoxy) is 1. The summed E-state index contributed by atoms with van der Waals surface area (Å²) >= 11 is 0. The Morgan fingerprint density at radius 1 is 0.889 bits per heavy atom. The van der Waals surface area contributed by atoms with Crippen molar-refractivity contribution in [1.82, 2.24) is 0 Å². The summed E-state index contributed by atoms with van der Waals surface area (Å²) in [5, 5.41) is 0. The van der Waals surface area contributed by atoms with E-state index in [1.54, 1.807) is 0 Å². The molecule has 0 aliphatic rings. The third-order valence-corrected chi connectivity index (χ3v) is 2.70. The maximum Gasteiger partial charge on any atom is 0.119 e. The van der Waals surface area contributed by atoms with Crippen molar-refractivity contribution >= 4 is 0 Å². The van der Waals surface area contributed by atoms with Gasteiger partial charge in [-0.25, -0.2) is 0 Å². The first-order valence-corrected chi connectivity index (χ1v) is 6.17. The number of hydrogen-bond donors (Lipinski definition) is 0. The molecule has 0 heterocycles. The van der Waals surface area contributed by atoms with Crippen LogP contribution in [0.5, 0.6) is 5.75 Å². The molecule has 0 unspecified atom stereocenters. The fourth-order valence-corrected chi connectivity index (χ4v) is 1.68. The molecule has 1 heteroatoms. The molecule has 2 aromatic carbocycles. The van der Waals surface area contributed by atoms with Gasteiger partial charge in [0.25, 0.3) is 0 Å². The molecule has 0 atom stereocenters. The second-order valence-electron chi connectivity index (χ2n) is 4.48. The van der Waals surface area contributed by atoms with Crippen LogP contribution in [0.4, 0.5) is 0 Å². The van der Waals surface area contributed by atoms with Crippen molar-refractivity contribution in [3.8, 4) is 16.9 Å². The molecule has 2 rings (SSSR count). The van der Waals surface area contributed by atoms with Crippen molar-refractivity contribution < 1.29 is 4.74 Å². The van der Waals surface area contributed by atoms with E-state index >= 15 is 0 Å². The number of rotatable bonds is 4. The van der Waals surface area contributed by atoms with Gasteiger partial charge < -0.3 is 4.74 Å². The summed E-state index contributed by atoms with van der Waals surface area (Å²) in [6.07, 6.45) is 2.07. The van der Waals surface area contributed by atoms with E-state index in [4.69, 9.17) is 4.74 Å². The zero-order chi connectivity index (χ0) is 12.8. The van der Waals surface area contributed by atoms with Gasteiger partial charge in [0.15, 0.2) is 0 Å². The molecule has 0 aromatic heterocycles. The highest BCUT2D eigenvalue weighted by Crippen LogP contribution is 2.21. The monoisotopic (exact) mass is 238 g/mol. The van der Waals surface area contributed by atoms with Gasteiger partial charge in [-0.05, 0) is 43.2 Å². The lowest BCUT2D eigenvalue weighted by molar-refractivity contribution is 0.362. The summed E-state index contributed by atoms with van der Waals surface area (Å²) in [5.41, 5.74) is 3.72. The molecule has 0 amide bonds. The Labute approximate surface area is 109 Å². The van der Waals surface area contributed by atoms with Crippen LogP contribution in [-0.2, 0) is 0 Å². The number of allylic oxidation sites excluding steroid dienone is 1. The Morgan fingerprint density at radius 3 is 2.11 bits per heavy atom. The van der Waals surface area contributed by atoms with Crippen LogP contribution >= 0.6 is 0 Å². The SMILES string of the molecule is CC(C)=CCOc1ccc(-c2ccccc2)cc1. The highest BCUT2D eigenvalue weighted by atomic mass is 16.5. The maximum atomic E-state index is 5.63. The van der Waals surface area contributed by atoms with Gasteiger partial charge in [-0.2, -0.15) is 0 Å². The molecule has 0 fully saturated rings. The van der Waals surface area contributed by atoms with Crippen molar-refractivity contribution in [3.05, 3.63) is 66.2 Å². The van der Waals surface area contributed by atoms with Crippen molar-refractivity contribution in [2.45, 2.75) is 13.8 Å². The van der Waals surface area contributed by atoms with Gasteiger partial charge in [0.05, 0.1) is 0 Å². The van der Waals surface area contributed by atoms with Gasteiger partial charge in [-0.1, -0.05) is 48.0 Å².